The fourth-order valence-electron chi connectivity index (χ4n) is 6.09. The molecule has 3 aliphatic rings. The van der Waals surface area contributed by atoms with Crippen molar-refractivity contribution in [1.29, 1.82) is 0 Å². The zero-order valence-electron chi connectivity index (χ0n) is 24.3. The summed E-state index contributed by atoms with van der Waals surface area (Å²) in [6, 6.07) is 33.6. The maximum absolute atomic E-state index is 12.7. The molecule has 0 fully saturated rings. The Bertz CT molecular complexity index is 1670. The first kappa shape index (κ1) is 30.2. The molecule has 1 aliphatic carbocycles. The second-order valence-electron chi connectivity index (χ2n) is 10.7. The predicted octanol–water partition coefficient (Wildman–Crippen LogP) is 7.60. The van der Waals surface area contributed by atoms with Crippen LogP contribution >= 0.6 is 47.0 Å². The molecule has 226 valence electrons. The zero-order chi connectivity index (χ0) is 30.6. The highest BCUT2D eigenvalue weighted by Gasteiger charge is 2.45. The number of fused-ring (bicyclic) bond motifs is 3. The normalized spacial score (nSPS) is 16.0. The number of hydrogen-bond donors (Lipinski definition) is 2. The fraction of sp³-hybridized carbons (Fsp3) is 0.200. The average Bonchev–Trinajstić information content (AvgIpc) is 3.85. The van der Waals surface area contributed by atoms with Gasteiger partial charge in [0.1, 0.15) is 8.75 Å². The number of aliphatic imine (C=N–C) groups is 2. The van der Waals surface area contributed by atoms with E-state index in [0.29, 0.717) is 11.5 Å². The lowest BCUT2D eigenvalue weighted by molar-refractivity contribution is -0.114. The molecule has 45 heavy (non-hydrogen) atoms. The quantitative estimate of drug-likeness (QED) is 0.178. The summed E-state index contributed by atoms with van der Waals surface area (Å²) in [7, 11) is 0. The van der Waals surface area contributed by atoms with Gasteiger partial charge in [0.25, 0.3) is 0 Å². The van der Waals surface area contributed by atoms with Gasteiger partial charge in [-0.3, -0.25) is 19.6 Å². The Labute approximate surface area is 279 Å². The minimum absolute atomic E-state index is 0.0414. The molecule has 0 radical (unpaired) electrons. The minimum atomic E-state index is -0.570. The number of anilines is 2. The van der Waals surface area contributed by atoms with Crippen molar-refractivity contribution in [1.82, 2.24) is 0 Å². The van der Waals surface area contributed by atoms with Crippen LogP contribution < -0.4 is 10.6 Å². The molecule has 6 nitrogen and oxygen atoms in total. The Morgan fingerprint density at radius 1 is 0.622 bits per heavy atom. The van der Waals surface area contributed by atoms with E-state index in [4.69, 9.17) is 0 Å². The van der Waals surface area contributed by atoms with E-state index in [1.54, 1.807) is 23.5 Å². The van der Waals surface area contributed by atoms with Gasteiger partial charge in [-0.25, -0.2) is 0 Å². The van der Waals surface area contributed by atoms with Crippen LogP contribution in [0.25, 0.3) is 11.1 Å². The van der Waals surface area contributed by atoms with E-state index < -0.39 is 5.41 Å². The van der Waals surface area contributed by atoms with Crippen molar-refractivity contribution in [2.24, 2.45) is 9.98 Å². The molecule has 2 heterocycles. The Kier molecular flexibility index (Phi) is 9.07. The molecule has 0 atom stereocenters. The third kappa shape index (κ3) is 6.21. The van der Waals surface area contributed by atoms with Gasteiger partial charge in [-0.15, -0.1) is 0 Å². The summed E-state index contributed by atoms with van der Waals surface area (Å²) in [5, 5.41) is 6.11. The summed E-state index contributed by atoms with van der Waals surface area (Å²) in [4.78, 5) is 34.3. The summed E-state index contributed by atoms with van der Waals surface area (Å²) in [6.07, 6.45) is 0. The van der Waals surface area contributed by atoms with Gasteiger partial charge in [0.2, 0.25) is 11.8 Å². The van der Waals surface area contributed by atoms with Gasteiger partial charge in [-0.1, -0.05) is 120 Å². The maximum atomic E-state index is 12.7. The molecule has 2 N–H and O–H groups in total. The molecule has 0 unspecified atom stereocenters. The summed E-state index contributed by atoms with van der Waals surface area (Å²) in [5.41, 5.74) is 7.98. The van der Waals surface area contributed by atoms with Gasteiger partial charge in [-0.05, 0) is 57.6 Å². The molecule has 0 saturated heterocycles. The number of nitrogens with one attached hydrogen (secondary N) is 2. The van der Waals surface area contributed by atoms with Gasteiger partial charge in [-0.2, -0.15) is 0 Å². The number of thioether (sulfide) groups is 4. The Morgan fingerprint density at radius 2 is 1.04 bits per heavy atom. The number of hydrogen-bond acceptors (Lipinski definition) is 8. The van der Waals surface area contributed by atoms with Crippen LogP contribution in [0.15, 0.2) is 107 Å². The SMILES string of the molecule is O=C(CSC1=NCCS1)Nc1ccc(C2(c3ccc(NC(=O)CSC4=NCCS4)cc3)c3ccccc3-c3ccccc32)cc1. The lowest BCUT2D eigenvalue weighted by Crippen LogP contribution is -2.28. The van der Waals surface area contributed by atoms with Gasteiger partial charge >= 0.3 is 0 Å². The van der Waals surface area contributed by atoms with Gasteiger partial charge in [0.05, 0.1) is 30.0 Å². The summed E-state index contributed by atoms with van der Waals surface area (Å²) in [6.45, 7) is 1.66. The Hall–Kier alpha value is -3.44. The van der Waals surface area contributed by atoms with Crippen molar-refractivity contribution in [3.8, 4) is 11.1 Å². The van der Waals surface area contributed by atoms with Crippen molar-refractivity contribution in [3.63, 3.8) is 0 Å². The third-order valence-electron chi connectivity index (χ3n) is 7.92. The summed E-state index contributed by atoms with van der Waals surface area (Å²) < 4.78 is 1.98. The van der Waals surface area contributed by atoms with E-state index in [1.165, 1.54) is 45.8 Å². The maximum Gasteiger partial charge on any atom is 0.234 e. The molecular weight excluding hydrogens is 637 g/mol. The lowest BCUT2D eigenvalue weighted by Gasteiger charge is -2.34. The largest absolute Gasteiger partial charge is 0.325 e. The molecule has 0 spiro atoms. The molecule has 0 saturated carbocycles. The number of rotatable bonds is 8. The van der Waals surface area contributed by atoms with Gasteiger partial charge < -0.3 is 10.6 Å². The molecule has 0 bridgehead atoms. The smallest absolute Gasteiger partial charge is 0.234 e. The molecule has 4 aromatic carbocycles. The van der Waals surface area contributed by atoms with Crippen LogP contribution in [0.2, 0.25) is 0 Å². The first-order valence-corrected chi connectivity index (χ1v) is 18.7. The second-order valence-corrected chi connectivity index (χ2v) is 15.3. The number of benzene rings is 4. The van der Waals surface area contributed by atoms with Crippen LogP contribution in [0.3, 0.4) is 0 Å². The monoisotopic (exact) mass is 666 g/mol. The number of amides is 2. The minimum Gasteiger partial charge on any atom is -0.325 e. The van der Waals surface area contributed by atoms with Crippen molar-refractivity contribution < 1.29 is 9.59 Å². The molecule has 7 rings (SSSR count). The van der Waals surface area contributed by atoms with Crippen LogP contribution in [-0.2, 0) is 15.0 Å². The van der Waals surface area contributed by atoms with E-state index in [-0.39, 0.29) is 11.8 Å². The molecule has 4 aromatic rings. The van der Waals surface area contributed by atoms with E-state index in [1.807, 2.05) is 24.3 Å². The van der Waals surface area contributed by atoms with E-state index in [9.17, 15) is 9.59 Å². The van der Waals surface area contributed by atoms with Crippen LogP contribution in [0.5, 0.6) is 0 Å². The van der Waals surface area contributed by atoms with Crippen LogP contribution in [0.4, 0.5) is 11.4 Å². The Balaban J connectivity index is 1.19. The van der Waals surface area contributed by atoms with E-state index in [0.717, 1.165) is 55.8 Å². The van der Waals surface area contributed by atoms with E-state index in [2.05, 4.69) is 93.4 Å². The van der Waals surface area contributed by atoms with Crippen LogP contribution in [-0.4, -0.2) is 56.7 Å². The molecule has 2 aliphatic heterocycles. The number of carbonyl (C=O) groups excluding carboxylic acids is 2. The first-order valence-electron chi connectivity index (χ1n) is 14.7. The zero-order valence-corrected chi connectivity index (χ0v) is 27.6. The highest BCUT2D eigenvalue weighted by atomic mass is 32.2. The van der Waals surface area contributed by atoms with Gasteiger partial charge in [0, 0.05) is 22.9 Å². The molecule has 0 aromatic heterocycles. The highest BCUT2D eigenvalue weighted by Crippen LogP contribution is 2.56. The Morgan fingerprint density at radius 3 is 1.44 bits per heavy atom. The topological polar surface area (TPSA) is 82.9 Å². The number of carbonyl (C=O) groups is 2. The van der Waals surface area contributed by atoms with E-state index >= 15 is 0 Å². The molecule has 2 amide bonds. The summed E-state index contributed by atoms with van der Waals surface area (Å²) in [5.74, 6) is 2.58. The van der Waals surface area contributed by atoms with Crippen molar-refractivity contribution in [2.45, 2.75) is 5.41 Å². The van der Waals surface area contributed by atoms with Crippen molar-refractivity contribution in [2.75, 3.05) is 46.7 Å². The van der Waals surface area contributed by atoms with Crippen molar-refractivity contribution in [3.05, 3.63) is 119 Å². The second kappa shape index (κ2) is 13.5. The summed E-state index contributed by atoms with van der Waals surface area (Å²) >= 11 is 6.41. The van der Waals surface area contributed by atoms with Crippen molar-refractivity contribution >= 4 is 79.0 Å². The lowest BCUT2D eigenvalue weighted by atomic mass is 9.67. The number of nitrogens with zero attached hydrogens (tertiary/aromatic N) is 2. The fourth-order valence-corrected chi connectivity index (χ4v) is 9.70. The first-order chi connectivity index (χ1) is 22.1. The average molecular weight is 667 g/mol. The molecular formula is C35H30N4O2S4. The molecule has 10 heteroatoms. The van der Waals surface area contributed by atoms with Gasteiger partial charge in [0.15, 0.2) is 0 Å². The predicted molar refractivity (Wildman–Crippen MR) is 195 cm³/mol. The standard InChI is InChI=1S/C35H30N4O2S4/c40-31(21-44-33-36-17-19-42-33)38-25-13-9-23(10-14-25)35(29-7-3-1-5-27(29)28-6-2-4-8-30(28)35)24-11-15-26(16-12-24)39-32(41)22-45-34-37-18-20-43-34/h1-16H,17-22H2,(H,38,40)(H,39,41). The third-order valence-corrected chi connectivity index (χ3v) is 12.4. The highest BCUT2D eigenvalue weighted by molar-refractivity contribution is 8.39. The van der Waals surface area contributed by atoms with Crippen LogP contribution in [0.1, 0.15) is 22.3 Å². The van der Waals surface area contributed by atoms with Crippen LogP contribution in [0, 0.1) is 0 Å².